The van der Waals surface area contributed by atoms with Gasteiger partial charge < -0.3 is 10.2 Å². The summed E-state index contributed by atoms with van der Waals surface area (Å²) in [6, 6.07) is 1.50. The second kappa shape index (κ2) is 5.27. The fraction of sp³-hybridized carbons (Fsp3) is 1.00. The number of hydrogen-bond acceptors (Lipinski definition) is 2. The topological polar surface area (TPSA) is 15.3 Å². The Kier molecular flexibility index (Phi) is 4.14. The molecule has 0 amide bonds. The third-order valence-corrected chi connectivity index (χ3v) is 4.77. The van der Waals surface area contributed by atoms with Crippen molar-refractivity contribution in [3.63, 3.8) is 0 Å². The van der Waals surface area contributed by atoms with Gasteiger partial charge in [-0.15, -0.1) is 0 Å². The third-order valence-electron chi connectivity index (χ3n) is 4.77. The molecule has 3 unspecified atom stereocenters. The molecule has 0 aromatic carbocycles. The van der Waals surface area contributed by atoms with Gasteiger partial charge in [0.2, 0.25) is 0 Å². The van der Waals surface area contributed by atoms with E-state index in [0.29, 0.717) is 5.41 Å². The Labute approximate surface area is 107 Å². The Hall–Kier alpha value is -0.0800. The predicted molar refractivity (Wildman–Crippen MR) is 74.2 cm³/mol. The lowest BCUT2D eigenvalue weighted by molar-refractivity contribution is 0.125. The molecule has 1 saturated heterocycles. The average Bonchev–Trinajstić information content (AvgIpc) is 2.22. The van der Waals surface area contributed by atoms with Gasteiger partial charge in [0.15, 0.2) is 0 Å². The summed E-state index contributed by atoms with van der Waals surface area (Å²) in [6.07, 6.45) is 6.87. The molecule has 0 radical (unpaired) electrons. The van der Waals surface area contributed by atoms with Gasteiger partial charge in [0.1, 0.15) is 0 Å². The Morgan fingerprint density at radius 1 is 1.24 bits per heavy atom. The molecule has 2 rings (SSSR count). The van der Waals surface area contributed by atoms with Gasteiger partial charge in [0.25, 0.3) is 0 Å². The van der Waals surface area contributed by atoms with Gasteiger partial charge in [-0.25, -0.2) is 0 Å². The van der Waals surface area contributed by atoms with Crippen molar-refractivity contribution in [2.75, 3.05) is 20.1 Å². The molecular formula is C15H30N2. The van der Waals surface area contributed by atoms with Crippen LogP contribution in [0.15, 0.2) is 0 Å². The molecular weight excluding hydrogens is 208 g/mol. The molecule has 2 aliphatic rings. The molecule has 0 bridgehead atoms. The van der Waals surface area contributed by atoms with E-state index in [1.54, 1.807) is 0 Å². The van der Waals surface area contributed by atoms with Crippen LogP contribution in [0.2, 0.25) is 0 Å². The van der Waals surface area contributed by atoms with E-state index >= 15 is 0 Å². The normalized spacial score (nSPS) is 39.2. The van der Waals surface area contributed by atoms with Crippen LogP contribution in [0.3, 0.4) is 0 Å². The van der Waals surface area contributed by atoms with Crippen molar-refractivity contribution in [3.8, 4) is 0 Å². The number of likely N-dealkylation sites (N-methyl/N-ethyl adjacent to an activating group) is 1. The van der Waals surface area contributed by atoms with Crippen LogP contribution in [-0.4, -0.2) is 37.1 Å². The first-order chi connectivity index (χ1) is 7.96. The fourth-order valence-corrected chi connectivity index (χ4v) is 3.80. The van der Waals surface area contributed by atoms with Crippen LogP contribution in [0.25, 0.3) is 0 Å². The Morgan fingerprint density at radius 2 is 2.00 bits per heavy atom. The molecule has 1 heterocycles. The number of nitrogens with zero attached hydrogens (tertiary/aromatic N) is 1. The van der Waals surface area contributed by atoms with Crippen LogP contribution in [0.4, 0.5) is 0 Å². The summed E-state index contributed by atoms with van der Waals surface area (Å²) >= 11 is 0. The zero-order valence-corrected chi connectivity index (χ0v) is 12.1. The molecule has 2 nitrogen and oxygen atoms in total. The summed E-state index contributed by atoms with van der Waals surface area (Å²) in [6.45, 7) is 9.81. The van der Waals surface area contributed by atoms with E-state index in [4.69, 9.17) is 0 Å². The van der Waals surface area contributed by atoms with Crippen molar-refractivity contribution in [1.82, 2.24) is 10.2 Å². The molecule has 2 heteroatoms. The Bertz CT molecular complexity index is 249. The van der Waals surface area contributed by atoms with Crippen LogP contribution >= 0.6 is 0 Å². The summed E-state index contributed by atoms with van der Waals surface area (Å²) in [4.78, 5) is 2.47. The molecule has 0 aromatic heterocycles. The van der Waals surface area contributed by atoms with Crippen molar-refractivity contribution in [2.45, 2.75) is 65.0 Å². The van der Waals surface area contributed by atoms with E-state index in [9.17, 15) is 0 Å². The monoisotopic (exact) mass is 238 g/mol. The van der Waals surface area contributed by atoms with Gasteiger partial charge in [-0.2, -0.15) is 0 Å². The van der Waals surface area contributed by atoms with Crippen molar-refractivity contribution in [2.24, 2.45) is 11.3 Å². The number of nitrogens with one attached hydrogen (secondary N) is 1. The second-order valence-corrected chi connectivity index (χ2v) is 7.26. The van der Waals surface area contributed by atoms with Crippen molar-refractivity contribution in [1.29, 1.82) is 0 Å². The van der Waals surface area contributed by atoms with Crippen molar-refractivity contribution >= 4 is 0 Å². The molecule has 100 valence electrons. The highest BCUT2D eigenvalue weighted by molar-refractivity contribution is 4.89. The minimum atomic E-state index is 0.570. The quantitative estimate of drug-likeness (QED) is 0.796. The first-order valence-corrected chi connectivity index (χ1v) is 7.41. The van der Waals surface area contributed by atoms with Crippen molar-refractivity contribution in [3.05, 3.63) is 0 Å². The van der Waals surface area contributed by atoms with Crippen LogP contribution < -0.4 is 5.32 Å². The summed E-state index contributed by atoms with van der Waals surface area (Å²) in [5.41, 5.74) is 0.570. The minimum Gasteiger partial charge on any atom is -0.310 e. The summed E-state index contributed by atoms with van der Waals surface area (Å²) in [5.74, 6) is 0.839. The second-order valence-electron chi connectivity index (χ2n) is 7.26. The number of likely N-dealkylation sites (tertiary alicyclic amines) is 1. The van der Waals surface area contributed by atoms with Gasteiger partial charge in [-0.3, -0.25) is 0 Å². The predicted octanol–water partition coefficient (Wildman–Crippen LogP) is 2.89. The van der Waals surface area contributed by atoms with Gasteiger partial charge in [0.05, 0.1) is 0 Å². The molecule has 1 aliphatic carbocycles. The summed E-state index contributed by atoms with van der Waals surface area (Å²) < 4.78 is 0. The Morgan fingerprint density at radius 3 is 2.65 bits per heavy atom. The van der Waals surface area contributed by atoms with Crippen LogP contribution in [0, 0.1) is 11.3 Å². The average molecular weight is 238 g/mol. The Balaban J connectivity index is 1.83. The van der Waals surface area contributed by atoms with Crippen LogP contribution in [-0.2, 0) is 0 Å². The van der Waals surface area contributed by atoms with Crippen molar-refractivity contribution < 1.29 is 0 Å². The fourth-order valence-electron chi connectivity index (χ4n) is 3.80. The minimum absolute atomic E-state index is 0.570. The number of rotatable bonds is 2. The first kappa shape index (κ1) is 13.4. The first-order valence-electron chi connectivity index (χ1n) is 7.41. The van der Waals surface area contributed by atoms with Crippen LogP contribution in [0.5, 0.6) is 0 Å². The molecule has 1 saturated carbocycles. The maximum absolute atomic E-state index is 3.93. The van der Waals surface area contributed by atoms with E-state index in [1.165, 1.54) is 45.2 Å². The maximum atomic E-state index is 3.93. The molecule has 2 fully saturated rings. The zero-order valence-electron chi connectivity index (χ0n) is 12.1. The maximum Gasteiger partial charge on any atom is 0.0198 e. The summed E-state index contributed by atoms with van der Waals surface area (Å²) in [5, 5.41) is 3.93. The zero-order chi connectivity index (χ0) is 12.5. The molecule has 17 heavy (non-hydrogen) atoms. The summed E-state index contributed by atoms with van der Waals surface area (Å²) in [7, 11) is 2.25. The smallest absolute Gasteiger partial charge is 0.0198 e. The largest absolute Gasteiger partial charge is 0.310 e. The molecule has 1 N–H and O–H groups in total. The molecule has 0 aromatic rings. The van der Waals surface area contributed by atoms with Gasteiger partial charge in [-0.1, -0.05) is 20.8 Å². The molecule has 1 aliphatic heterocycles. The molecule has 3 atom stereocenters. The van der Waals surface area contributed by atoms with E-state index in [2.05, 4.69) is 38.0 Å². The van der Waals surface area contributed by atoms with Gasteiger partial charge in [0, 0.05) is 18.6 Å². The van der Waals surface area contributed by atoms with Gasteiger partial charge >= 0.3 is 0 Å². The van der Waals surface area contributed by atoms with Gasteiger partial charge in [-0.05, 0) is 57.0 Å². The highest BCUT2D eigenvalue weighted by Gasteiger charge is 2.33. The van der Waals surface area contributed by atoms with Crippen LogP contribution in [0.1, 0.15) is 52.9 Å². The standard InChI is InChI=1S/C15H30N2/c1-12-10-15(2,3)8-7-14(12)16-13-6-5-9-17(4)11-13/h12-14,16H,5-11H2,1-4H3. The van der Waals surface area contributed by atoms with E-state index in [-0.39, 0.29) is 0 Å². The SMILES string of the molecule is CC1CC(C)(C)CCC1NC1CCCN(C)C1. The van der Waals surface area contributed by atoms with E-state index in [0.717, 1.165) is 18.0 Å². The lowest BCUT2D eigenvalue weighted by Crippen LogP contribution is -2.51. The lowest BCUT2D eigenvalue weighted by atomic mass is 9.70. The number of hydrogen-bond donors (Lipinski definition) is 1. The number of piperidine rings is 1. The molecule has 0 spiro atoms. The lowest BCUT2D eigenvalue weighted by Gasteiger charge is -2.42. The van der Waals surface area contributed by atoms with E-state index < -0.39 is 0 Å². The highest BCUT2D eigenvalue weighted by atomic mass is 15.1. The third kappa shape index (κ3) is 3.69. The highest BCUT2D eigenvalue weighted by Crippen LogP contribution is 2.38. The van der Waals surface area contributed by atoms with E-state index in [1.807, 2.05) is 0 Å².